The topological polar surface area (TPSA) is 72.6 Å². The van der Waals surface area contributed by atoms with E-state index in [4.69, 9.17) is 10.5 Å². The Labute approximate surface area is 146 Å². The third kappa shape index (κ3) is 3.46. The Bertz CT molecular complexity index is 711. The van der Waals surface area contributed by atoms with Crippen LogP contribution in [0.25, 0.3) is 0 Å². The van der Waals surface area contributed by atoms with Crippen LogP contribution in [0.15, 0.2) is 17.0 Å². The van der Waals surface area contributed by atoms with Crippen molar-refractivity contribution in [2.24, 2.45) is 11.1 Å². The van der Waals surface area contributed by atoms with Gasteiger partial charge in [-0.25, -0.2) is 8.42 Å². The first kappa shape index (κ1) is 19.2. The lowest BCUT2D eigenvalue weighted by Crippen LogP contribution is -2.53. The van der Waals surface area contributed by atoms with E-state index in [-0.39, 0.29) is 17.4 Å². The Hall–Kier alpha value is -1.11. The number of piperidine rings is 1. The molecule has 0 aromatic heterocycles. The maximum Gasteiger partial charge on any atom is 0.243 e. The molecule has 1 unspecified atom stereocenters. The summed E-state index contributed by atoms with van der Waals surface area (Å²) in [6.07, 6.45) is 0.679. The summed E-state index contributed by atoms with van der Waals surface area (Å²) in [5.74, 6) is 0.920. The predicted molar refractivity (Wildman–Crippen MR) is 97.0 cm³/mol. The van der Waals surface area contributed by atoms with Crippen molar-refractivity contribution in [1.29, 1.82) is 0 Å². The molecule has 1 aliphatic heterocycles. The largest absolute Gasteiger partial charge is 0.496 e. The molecule has 0 radical (unpaired) electrons. The second-order valence-electron chi connectivity index (χ2n) is 7.74. The van der Waals surface area contributed by atoms with Gasteiger partial charge in [0, 0.05) is 19.1 Å². The minimum atomic E-state index is -3.55. The number of methoxy groups -OCH3 is 1. The Morgan fingerprint density at radius 2 is 1.96 bits per heavy atom. The van der Waals surface area contributed by atoms with E-state index in [1.807, 2.05) is 40.7 Å². The van der Waals surface area contributed by atoms with Crippen LogP contribution >= 0.6 is 0 Å². The van der Waals surface area contributed by atoms with E-state index in [9.17, 15) is 8.42 Å². The van der Waals surface area contributed by atoms with E-state index >= 15 is 0 Å². The van der Waals surface area contributed by atoms with Crippen LogP contribution in [0.3, 0.4) is 0 Å². The van der Waals surface area contributed by atoms with Gasteiger partial charge in [0.25, 0.3) is 0 Å². The molecule has 1 heterocycles. The molecule has 136 valence electrons. The van der Waals surface area contributed by atoms with Crippen molar-refractivity contribution in [1.82, 2.24) is 4.31 Å². The summed E-state index contributed by atoms with van der Waals surface area (Å²) >= 11 is 0. The van der Waals surface area contributed by atoms with Crippen molar-refractivity contribution >= 4 is 10.0 Å². The summed E-state index contributed by atoms with van der Waals surface area (Å²) in [7, 11) is -1.93. The van der Waals surface area contributed by atoms with Crippen LogP contribution in [0.1, 0.15) is 51.2 Å². The number of hydrogen-bond donors (Lipinski definition) is 1. The highest BCUT2D eigenvalue weighted by molar-refractivity contribution is 7.89. The first-order chi connectivity index (χ1) is 11.0. The Morgan fingerprint density at radius 3 is 2.46 bits per heavy atom. The number of benzene rings is 1. The normalized spacial score (nSPS) is 21.9. The first-order valence-electron chi connectivity index (χ1n) is 8.45. The van der Waals surface area contributed by atoms with Crippen LogP contribution in [0, 0.1) is 12.3 Å². The standard InChI is InChI=1S/C18H30N2O3S/c1-12(2)14-10-16(13(3)9-15(14)23-6)24(21,22)20-8-7-17(19)18(4,5)11-20/h9-10,12,17H,7-8,11,19H2,1-6H3. The van der Waals surface area contributed by atoms with Crippen molar-refractivity contribution < 1.29 is 13.2 Å². The molecule has 6 heteroatoms. The molecule has 5 nitrogen and oxygen atoms in total. The minimum absolute atomic E-state index is 0.0205. The zero-order valence-corrected chi connectivity index (χ0v) is 16.4. The summed E-state index contributed by atoms with van der Waals surface area (Å²) in [6.45, 7) is 10.9. The van der Waals surface area contributed by atoms with Crippen LogP contribution in [0.5, 0.6) is 5.75 Å². The molecular weight excluding hydrogens is 324 g/mol. The van der Waals surface area contributed by atoms with Gasteiger partial charge in [-0.15, -0.1) is 0 Å². The van der Waals surface area contributed by atoms with E-state index in [0.29, 0.717) is 30.0 Å². The lowest BCUT2D eigenvalue weighted by molar-refractivity contribution is 0.155. The molecule has 1 aromatic rings. The maximum atomic E-state index is 13.2. The van der Waals surface area contributed by atoms with E-state index in [1.54, 1.807) is 17.5 Å². The molecule has 1 saturated heterocycles. The monoisotopic (exact) mass is 354 g/mol. The summed E-state index contributed by atoms with van der Waals surface area (Å²) in [5.41, 5.74) is 7.54. The predicted octanol–water partition coefficient (Wildman–Crippen LogP) is 2.87. The highest BCUT2D eigenvalue weighted by atomic mass is 32.2. The Balaban J connectivity index is 2.48. The Kier molecular flexibility index (Phi) is 5.33. The molecule has 2 N–H and O–H groups in total. The van der Waals surface area contributed by atoms with Crippen LogP contribution in [-0.4, -0.2) is 39.0 Å². The van der Waals surface area contributed by atoms with Crippen molar-refractivity contribution in [3.05, 3.63) is 23.3 Å². The van der Waals surface area contributed by atoms with Gasteiger partial charge in [0.2, 0.25) is 10.0 Å². The van der Waals surface area contributed by atoms with Gasteiger partial charge in [-0.2, -0.15) is 4.31 Å². The number of nitrogens with two attached hydrogens (primary N) is 1. The lowest BCUT2D eigenvalue weighted by Gasteiger charge is -2.42. The number of aryl methyl sites for hydroxylation is 1. The molecule has 0 bridgehead atoms. The highest BCUT2D eigenvalue weighted by Crippen LogP contribution is 2.35. The second kappa shape index (κ2) is 6.65. The molecule has 0 spiro atoms. The average Bonchev–Trinajstić information content (AvgIpc) is 2.48. The fraction of sp³-hybridized carbons (Fsp3) is 0.667. The van der Waals surface area contributed by atoms with Crippen molar-refractivity contribution in [2.45, 2.75) is 57.9 Å². The lowest BCUT2D eigenvalue weighted by atomic mass is 9.81. The molecule has 1 fully saturated rings. The number of rotatable bonds is 4. The first-order valence-corrected chi connectivity index (χ1v) is 9.89. The third-order valence-electron chi connectivity index (χ3n) is 5.04. The molecule has 0 saturated carbocycles. The van der Waals surface area contributed by atoms with Crippen LogP contribution in [-0.2, 0) is 10.0 Å². The molecule has 1 atom stereocenters. The van der Waals surface area contributed by atoms with E-state index in [0.717, 1.165) is 11.3 Å². The number of hydrogen-bond acceptors (Lipinski definition) is 4. The molecule has 2 rings (SSSR count). The summed E-state index contributed by atoms with van der Waals surface area (Å²) in [5, 5.41) is 0. The number of sulfonamides is 1. The van der Waals surface area contributed by atoms with Crippen molar-refractivity contribution in [3.63, 3.8) is 0 Å². The van der Waals surface area contributed by atoms with Gasteiger partial charge >= 0.3 is 0 Å². The van der Waals surface area contributed by atoms with Gasteiger partial charge < -0.3 is 10.5 Å². The van der Waals surface area contributed by atoms with E-state index < -0.39 is 10.0 Å². The zero-order valence-electron chi connectivity index (χ0n) is 15.6. The average molecular weight is 355 g/mol. The third-order valence-corrected chi connectivity index (χ3v) is 7.03. The van der Waals surface area contributed by atoms with Gasteiger partial charge in [0.15, 0.2) is 0 Å². The molecule has 1 aliphatic rings. The van der Waals surface area contributed by atoms with E-state index in [1.165, 1.54) is 0 Å². The smallest absolute Gasteiger partial charge is 0.243 e. The molecular formula is C18H30N2O3S. The van der Waals surface area contributed by atoms with Crippen LogP contribution in [0.4, 0.5) is 0 Å². The van der Waals surface area contributed by atoms with Gasteiger partial charge in [-0.05, 0) is 47.9 Å². The maximum absolute atomic E-state index is 13.2. The second-order valence-corrected chi connectivity index (χ2v) is 9.64. The van der Waals surface area contributed by atoms with Crippen LogP contribution < -0.4 is 10.5 Å². The van der Waals surface area contributed by atoms with Crippen molar-refractivity contribution in [3.8, 4) is 5.75 Å². The summed E-state index contributed by atoms with van der Waals surface area (Å²) < 4.78 is 33.4. The minimum Gasteiger partial charge on any atom is -0.496 e. The van der Waals surface area contributed by atoms with Crippen LogP contribution in [0.2, 0.25) is 0 Å². The van der Waals surface area contributed by atoms with E-state index in [2.05, 4.69) is 0 Å². The SMILES string of the molecule is COc1cc(C)c(S(=O)(=O)N2CCC(N)C(C)(C)C2)cc1C(C)C. The van der Waals surface area contributed by atoms with Gasteiger partial charge in [0.05, 0.1) is 12.0 Å². The Morgan fingerprint density at radius 1 is 1.33 bits per heavy atom. The summed E-state index contributed by atoms with van der Waals surface area (Å²) in [4.78, 5) is 0.373. The molecule has 0 amide bonds. The highest BCUT2D eigenvalue weighted by Gasteiger charge is 2.39. The quantitative estimate of drug-likeness (QED) is 0.902. The zero-order chi connectivity index (χ0) is 18.3. The number of ether oxygens (including phenoxy) is 1. The molecule has 24 heavy (non-hydrogen) atoms. The summed E-state index contributed by atoms with van der Waals surface area (Å²) in [6, 6.07) is 3.62. The fourth-order valence-electron chi connectivity index (χ4n) is 3.25. The number of nitrogens with zero attached hydrogens (tertiary/aromatic N) is 1. The van der Waals surface area contributed by atoms with Gasteiger partial charge in [0.1, 0.15) is 5.75 Å². The fourth-order valence-corrected chi connectivity index (χ4v) is 5.12. The van der Waals surface area contributed by atoms with Crippen molar-refractivity contribution in [2.75, 3.05) is 20.2 Å². The van der Waals surface area contributed by atoms with Gasteiger partial charge in [-0.1, -0.05) is 27.7 Å². The van der Waals surface area contributed by atoms with Gasteiger partial charge in [-0.3, -0.25) is 0 Å². The molecule has 1 aromatic carbocycles. The molecule has 0 aliphatic carbocycles.